The van der Waals surface area contributed by atoms with Crippen LogP contribution in [-0.4, -0.2) is 23.8 Å². The molecule has 0 aliphatic carbocycles. The van der Waals surface area contributed by atoms with Crippen molar-refractivity contribution in [3.63, 3.8) is 0 Å². The molecule has 0 radical (unpaired) electrons. The third-order valence-corrected chi connectivity index (χ3v) is 3.51. The van der Waals surface area contributed by atoms with E-state index in [2.05, 4.69) is 4.98 Å². The van der Waals surface area contributed by atoms with E-state index in [1.807, 2.05) is 0 Å². The largest absolute Gasteiger partial charge is 0.497 e. The van der Waals surface area contributed by atoms with Crippen LogP contribution in [0.1, 0.15) is 16.1 Å². The number of halogens is 1. The average molecular weight is 303 g/mol. The molecule has 0 unspecified atom stereocenters. The predicted molar refractivity (Wildman–Crippen MR) is 77.8 cm³/mol. The van der Waals surface area contributed by atoms with Crippen molar-refractivity contribution in [3.8, 4) is 5.75 Å². The zero-order chi connectivity index (χ0) is 15.0. The van der Waals surface area contributed by atoms with E-state index < -0.39 is 11.7 Å². The van der Waals surface area contributed by atoms with Crippen molar-refractivity contribution >= 4 is 29.0 Å². The smallest absolute Gasteiger partial charge is 0.299 e. The van der Waals surface area contributed by atoms with E-state index in [0.717, 1.165) is 0 Å². The number of methoxy groups -OCH3 is 1. The van der Waals surface area contributed by atoms with Crippen LogP contribution in [0.5, 0.6) is 5.75 Å². The summed E-state index contributed by atoms with van der Waals surface area (Å²) >= 11 is 5.91. The van der Waals surface area contributed by atoms with Crippen LogP contribution < -0.4 is 9.64 Å². The number of carbonyl (C=O) groups is 2. The number of aromatic nitrogens is 1. The Balaban J connectivity index is 1.98. The van der Waals surface area contributed by atoms with Gasteiger partial charge in [-0.15, -0.1) is 0 Å². The van der Waals surface area contributed by atoms with Gasteiger partial charge in [-0.3, -0.25) is 19.5 Å². The Morgan fingerprint density at radius 1 is 1.24 bits per heavy atom. The summed E-state index contributed by atoms with van der Waals surface area (Å²) in [6.07, 6.45) is 1.56. The number of ether oxygens (including phenoxy) is 1. The van der Waals surface area contributed by atoms with Crippen LogP contribution in [0.15, 0.2) is 36.5 Å². The molecule has 1 aromatic heterocycles. The van der Waals surface area contributed by atoms with E-state index in [4.69, 9.17) is 16.3 Å². The van der Waals surface area contributed by atoms with Crippen molar-refractivity contribution < 1.29 is 14.3 Å². The molecule has 0 fully saturated rings. The molecule has 2 heterocycles. The highest BCUT2D eigenvalue weighted by molar-refractivity contribution is 6.52. The van der Waals surface area contributed by atoms with Gasteiger partial charge in [0.15, 0.2) is 0 Å². The first-order valence-corrected chi connectivity index (χ1v) is 6.62. The molecule has 0 spiro atoms. The number of pyridine rings is 1. The predicted octanol–water partition coefficient (Wildman–Crippen LogP) is 2.47. The van der Waals surface area contributed by atoms with Crippen LogP contribution in [0.25, 0.3) is 0 Å². The SMILES string of the molecule is COc1ccc2c(c1)C(=O)C(=O)N2Cc1cc(Cl)ccn1. The molecular formula is C15H11ClN2O3. The summed E-state index contributed by atoms with van der Waals surface area (Å²) in [5.41, 5.74) is 1.53. The summed E-state index contributed by atoms with van der Waals surface area (Å²) < 4.78 is 5.08. The molecule has 1 amide bonds. The van der Waals surface area contributed by atoms with Crippen LogP contribution in [0.2, 0.25) is 5.02 Å². The summed E-state index contributed by atoms with van der Waals surface area (Å²) in [6, 6.07) is 8.30. The Kier molecular flexibility index (Phi) is 3.35. The maximum Gasteiger partial charge on any atom is 0.299 e. The third kappa shape index (κ3) is 2.36. The van der Waals surface area contributed by atoms with E-state index in [9.17, 15) is 9.59 Å². The number of nitrogens with zero attached hydrogens (tertiary/aromatic N) is 2. The highest BCUT2D eigenvalue weighted by atomic mass is 35.5. The Hall–Kier alpha value is -2.40. The number of hydrogen-bond donors (Lipinski definition) is 0. The van der Waals surface area contributed by atoms with Gasteiger partial charge < -0.3 is 4.74 Å². The van der Waals surface area contributed by atoms with Crippen molar-refractivity contribution in [1.29, 1.82) is 0 Å². The third-order valence-electron chi connectivity index (χ3n) is 3.28. The van der Waals surface area contributed by atoms with Crippen LogP contribution in [0, 0.1) is 0 Å². The van der Waals surface area contributed by atoms with Gasteiger partial charge in [-0.2, -0.15) is 0 Å². The molecule has 1 aromatic carbocycles. The number of benzene rings is 1. The lowest BCUT2D eigenvalue weighted by Gasteiger charge is -2.16. The minimum atomic E-state index is -0.569. The van der Waals surface area contributed by atoms with Gasteiger partial charge in [-0.05, 0) is 30.3 Å². The molecule has 1 aliphatic rings. The molecular weight excluding hydrogens is 292 g/mol. The lowest BCUT2D eigenvalue weighted by Crippen LogP contribution is -2.29. The van der Waals surface area contributed by atoms with Crippen molar-refractivity contribution in [2.24, 2.45) is 0 Å². The second-order valence-corrected chi connectivity index (χ2v) is 5.01. The summed E-state index contributed by atoms with van der Waals surface area (Å²) in [5.74, 6) is -0.566. The number of ketones is 1. The van der Waals surface area contributed by atoms with Gasteiger partial charge in [-0.25, -0.2) is 0 Å². The molecule has 106 valence electrons. The first-order valence-electron chi connectivity index (χ1n) is 6.25. The van der Waals surface area contributed by atoms with Gasteiger partial charge in [0.05, 0.1) is 30.6 Å². The number of Topliss-reactive ketones (excluding diaryl/α,β-unsaturated/α-hetero) is 1. The fourth-order valence-corrected chi connectivity index (χ4v) is 2.44. The molecule has 6 heteroatoms. The summed E-state index contributed by atoms with van der Waals surface area (Å²) in [4.78, 5) is 29.7. The maximum absolute atomic E-state index is 12.1. The maximum atomic E-state index is 12.1. The van der Waals surface area contributed by atoms with Gasteiger partial charge in [0, 0.05) is 11.2 Å². The molecule has 21 heavy (non-hydrogen) atoms. The summed E-state index contributed by atoms with van der Waals surface area (Å²) in [7, 11) is 1.51. The number of carbonyl (C=O) groups excluding carboxylic acids is 2. The lowest BCUT2D eigenvalue weighted by atomic mass is 10.1. The fraction of sp³-hybridized carbons (Fsp3) is 0.133. The van der Waals surface area contributed by atoms with Crippen molar-refractivity contribution in [2.75, 3.05) is 12.0 Å². The second-order valence-electron chi connectivity index (χ2n) is 4.57. The van der Waals surface area contributed by atoms with E-state index >= 15 is 0 Å². The van der Waals surface area contributed by atoms with Gasteiger partial charge in [0.1, 0.15) is 5.75 Å². The number of amides is 1. The lowest BCUT2D eigenvalue weighted by molar-refractivity contribution is -0.114. The van der Waals surface area contributed by atoms with Crippen LogP contribution in [-0.2, 0) is 11.3 Å². The Bertz CT molecular complexity index is 745. The quantitative estimate of drug-likeness (QED) is 0.817. The van der Waals surface area contributed by atoms with Gasteiger partial charge in [0.2, 0.25) is 0 Å². The number of rotatable bonds is 3. The Morgan fingerprint density at radius 2 is 2.05 bits per heavy atom. The molecule has 0 saturated carbocycles. The monoisotopic (exact) mass is 302 g/mol. The van der Waals surface area contributed by atoms with Crippen molar-refractivity contribution in [2.45, 2.75) is 6.54 Å². The Labute approximate surface area is 126 Å². The van der Waals surface area contributed by atoms with Gasteiger partial charge in [0.25, 0.3) is 11.7 Å². The number of hydrogen-bond acceptors (Lipinski definition) is 4. The second kappa shape index (κ2) is 5.18. The van der Waals surface area contributed by atoms with E-state index in [0.29, 0.717) is 27.7 Å². The minimum absolute atomic E-state index is 0.199. The zero-order valence-corrected chi connectivity index (χ0v) is 11.9. The molecule has 2 aromatic rings. The molecule has 3 rings (SSSR count). The topological polar surface area (TPSA) is 59.5 Å². The molecule has 0 saturated heterocycles. The Morgan fingerprint density at radius 3 is 2.76 bits per heavy atom. The molecule has 0 atom stereocenters. The summed E-state index contributed by atoms with van der Waals surface area (Å²) in [6.45, 7) is 0.199. The van der Waals surface area contributed by atoms with Crippen LogP contribution in [0.3, 0.4) is 0 Å². The van der Waals surface area contributed by atoms with E-state index in [-0.39, 0.29) is 6.54 Å². The van der Waals surface area contributed by atoms with E-state index in [1.54, 1.807) is 36.5 Å². The van der Waals surface area contributed by atoms with Crippen molar-refractivity contribution in [3.05, 3.63) is 52.8 Å². The van der Waals surface area contributed by atoms with E-state index in [1.165, 1.54) is 12.0 Å². The molecule has 0 bridgehead atoms. The molecule has 5 nitrogen and oxygen atoms in total. The highest BCUT2D eigenvalue weighted by Gasteiger charge is 2.36. The average Bonchev–Trinajstić information content (AvgIpc) is 2.72. The normalized spacial score (nSPS) is 13.5. The standard InChI is InChI=1S/C15H11ClN2O3/c1-21-11-2-3-13-12(7-11)14(19)15(20)18(13)8-10-6-9(16)4-5-17-10/h2-7H,8H2,1H3. The number of fused-ring (bicyclic) bond motifs is 1. The van der Waals surface area contributed by atoms with Crippen LogP contribution >= 0.6 is 11.6 Å². The minimum Gasteiger partial charge on any atom is -0.497 e. The molecule has 0 N–H and O–H groups in total. The zero-order valence-electron chi connectivity index (χ0n) is 11.2. The molecule has 1 aliphatic heterocycles. The fourth-order valence-electron chi connectivity index (χ4n) is 2.26. The summed E-state index contributed by atoms with van der Waals surface area (Å²) in [5, 5.41) is 0.535. The first-order chi connectivity index (χ1) is 10.1. The van der Waals surface area contributed by atoms with Crippen LogP contribution in [0.4, 0.5) is 5.69 Å². The van der Waals surface area contributed by atoms with Gasteiger partial charge >= 0.3 is 0 Å². The van der Waals surface area contributed by atoms with Gasteiger partial charge in [-0.1, -0.05) is 11.6 Å². The highest BCUT2D eigenvalue weighted by Crippen LogP contribution is 2.33. The number of anilines is 1. The first kappa shape index (κ1) is 13.6. The van der Waals surface area contributed by atoms with Crippen molar-refractivity contribution in [1.82, 2.24) is 4.98 Å².